The molecule has 3 aromatic heterocycles. The molecule has 2 unspecified atom stereocenters. The SMILES string of the molecule is CC(=O)NC1CCCC(NC(=O)c2sc3nccc4c3c2NC(=O)N4c2cnc(Oc3ccccc3)cc2C)C1. The maximum atomic E-state index is 13.5. The highest BCUT2D eigenvalue weighted by atomic mass is 32.1. The number of para-hydroxylation sites is 1. The number of benzene rings is 1. The second kappa shape index (κ2) is 10.6. The van der Waals surface area contributed by atoms with Crippen molar-refractivity contribution in [2.24, 2.45) is 0 Å². The van der Waals surface area contributed by atoms with Gasteiger partial charge >= 0.3 is 6.03 Å². The minimum absolute atomic E-state index is 0.0418. The van der Waals surface area contributed by atoms with E-state index in [1.807, 2.05) is 37.3 Å². The number of nitrogens with zero attached hydrogens (tertiary/aromatic N) is 3. The van der Waals surface area contributed by atoms with Crippen molar-refractivity contribution in [2.75, 3.05) is 10.2 Å². The number of ether oxygens (including phenoxy) is 1. The zero-order valence-electron chi connectivity index (χ0n) is 22.1. The van der Waals surface area contributed by atoms with Crippen LogP contribution in [-0.2, 0) is 4.79 Å². The van der Waals surface area contributed by atoms with Crippen LogP contribution in [-0.4, -0.2) is 39.9 Å². The summed E-state index contributed by atoms with van der Waals surface area (Å²) in [6, 6.07) is 12.5. The molecule has 1 fully saturated rings. The Kier molecular flexibility index (Phi) is 6.81. The van der Waals surface area contributed by atoms with E-state index < -0.39 is 6.03 Å². The Bertz CT molecular complexity index is 1620. The Labute approximate surface area is 234 Å². The Morgan fingerprint density at radius 3 is 2.60 bits per heavy atom. The molecule has 11 heteroatoms. The molecule has 2 aliphatic rings. The number of rotatable bonds is 6. The van der Waals surface area contributed by atoms with Crippen LogP contribution in [0.2, 0.25) is 0 Å². The van der Waals surface area contributed by atoms with Crippen LogP contribution in [0.25, 0.3) is 10.2 Å². The molecule has 4 aromatic rings. The summed E-state index contributed by atoms with van der Waals surface area (Å²) >= 11 is 1.25. The van der Waals surface area contributed by atoms with E-state index >= 15 is 0 Å². The van der Waals surface area contributed by atoms with Crippen LogP contribution in [0, 0.1) is 6.92 Å². The summed E-state index contributed by atoms with van der Waals surface area (Å²) in [5, 5.41) is 9.72. The molecule has 1 aliphatic heterocycles. The van der Waals surface area contributed by atoms with Crippen LogP contribution < -0.4 is 25.6 Å². The van der Waals surface area contributed by atoms with E-state index in [1.165, 1.54) is 18.3 Å². The minimum atomic E-state index is -0.391. The topological polar surface area (TPSA) is 126 Å². The molecular formula is C29H28N6O4S. The molecule has 1 aromatic carbocycles. The van der Waals surface area contributed by atoms with E-state index in [9.17, 15) is 14.4 Å². The van der Waals surface area contributed by atoms with Gasteiger partial charge in [0.25, 0.3) is 5.91 Å². The number of anilines is 3. The third-order valence-electron chi connectivity index (χ3n) is 7.13. The molecule has 6 rings (SSSR count). The largest absolute Gasteiger partial charge is 0.439 e. The lowest BCUT2D eigenvalue weighted by Crippen LogP contribution is -2.45. The lowest BCUT2D eigenvalue weighted by molar-refractivity contribution is -0.119. The number of nitrogens with one attached hydrogen (secondary N) is 3. The van der Waals surface area contributed by atoms with Crippen molar-refractivity contribution < 1.29 is 19.1 Å². The van der Waals surface area contributed by atoms with Gasteiger partial charge in [-0.15, -0.1) is 11.3 Å². The van der Waals surface area contributed by atoms with Crippen molar-refractivity contribution in [2.45, 2.75) is 51.6 Å². The van der Waals surface area contributed by atoms with E-state index in [1.54, 1.807) is 29.4 Å². The van der Waals surface area contributed by atoms with Gasteiger partial charge < -0.3 is 20.7 Å². The van der Waals surface area contributed by atoms with Crippen molar-refractivity contribution in [3.05, 3.63) is 65.3 Å². The average molecular weight is 557 g/mol. The van der Waals surface area contributed by atoms with Gasteiger partial charge in [-0.1, -0.05) is 18.2 Å². The van der Waals surface area contributed by atoms with Gasteiger partial charge in [-0.25, -0.2) is 14.8 Å². The third-order valence-corrected chi connectivity index (χ3v) is 8.23. The molecule has 3 N–H and O–H groups in total. The number of hydrogen-bond donors (Lipinski definition) is 3. The van der Waals surface area contributed by atoms with Crippen molar-refractivity contribution in [1.29, 1.82) is 0 Å². The maximum absolute atomic E-state index is 13.5. The van der Waals surface area contributed by atoms with E-state index in [4.69, 9.17) is 4.74 Å². The van der Waals surface area contributed by atoms with E-state index in [0.29, 0.717) is 50.2 Å². The Hall–Kier alpha value is -4.51. The Morgan fingerprint density at radius 1 is 1.07 bits per heavy atom. The summed E-state index contributed by atoms with van der Waals surface area (Å²) in [7, 11) is 0. The molecule has 0 radical (unpaired) electrons. The van der Waals surface area contributed by atoms with Crippen LogP contribution in [0.4, 0.5) is 21.9 Å². The number of aryl methyl sites for hydroxylation is 1. The van der Waals surface area contributed by atoms with Gasteiger partial charge in [0.2, 0.25) is 11.8 Å². The normalized spacial score (nSPS) is 18.2. The zero-order valence-corrected chi connectivity index (χ0v) is 22.9. The summed E-state index contributed by atoms with van der Waals surface area (Å²) in [6.07, 6.45) is 6.56. The van der Waals surface area contributed by atoms with E-state index in [-0.39, 0.29) is 23.9 Å². The lowest BCUT2D eigenvalue weighted by Gasteiger charge is -2.30. The predicted molar refractivity (Wildman–Crippen MR) is 154 cm³/mol. The van der Waals surface area contributed by atoms with Gasteiger partial charge in [0.1, 0.15) is 15.5 Å². The van der Waals surface area contributed by atoms with Crippen molar-refractivity contribution in [3.63, 3.8) is 0 Å². The molecule has 0 saturated heterocycles. The molecule has 0 spiro atoms. The summed E-state index contributed by atoms with van der Waals surface area (Å²) in [6.45, 7) is 3.39. The lowest BCUT2D eigenvalue weighted by atomic mass is 9.91. The van der Waals surface area contributed by atoms with E-state index in [0.717, 1.165) is 24.8 Å². The fourth-order valence-corrected chi connectivity index (χ4v) is 6.42. The first-order valence-corrected chi connectivity index (χ1v) is 14.0. The molecule has 1 saturated carbocycles. The molecule has 40 heavy (non-hydrogen) atoms. The number of pyridine rings is 2. The molecular weight excluding hydrogens is 528 g/mol. The second-order valence-corrected chi connectivity index (χ2v) is 11.0. The summed E-state index contributed by atoms with van der Waals surface area (Å²) in [5.41, 5.74) is 2.48. The molecule has 2 atom stereocenters. The summed E-state index contributed by atoms with van der Waals surface area (Å²) < 4.78 is 5.86. The van der Waals surface area contributed by atoms with Gasteiger partial charge in [0.15, 0.2) is 0 Å². The van der Waals surface area contributed by atoms with Gasteiger partial charge in [-0.2, -0.15) is 0 Å². The number of thiophene rings is 1. The quantitative estimate of drug-likeness (QED) is 0.282. The molecule has 204 valence electrons. The smallest absolute Gasteiger partial charge is 0.331 e. The number of urea groups is 1. The van der Waals surface area contributed by atoms with Gasteiger partial charge in [-0.05, 0) is 56.4 Å². The highest BCUT2D eigenvalue weighted by Crippen LogP contribution is 2.46. The van der Waals surface area contributed by atoms with Crippen LogP contribution in [0.15, 0.2) is 54.9 Å². The standard InChI is InChI=1S/C29H28N6O4S/c1-16-13-23(39-20-9-4-3-5-10-20)31-15-22(16)35-21-11-12-30-28-24(21)25(34-29(35)38)26(40-28)27(37)33-19-8-6-7-18(14-19)32-17(2)36/h3-5,9-13,15,18-19H,6-8,14H2,1-2H3,(H,32,36)(H,33,37)(H,34,38). The van der Waals surface area contributed by atoms with Crippen LogP contribution in [0.5, 0.6) is 11.6 Å². The number of hydrogen-bond acceptors (Lipinski definition) is 7. The average Bonchev–Trinajstić information content (AvgIpc) is 3.29. The first-order valence-electron chi connectivity index (χ1n) is 13.2. The first kappa shape index (κ1) is 25.8. The number of carbonyl (C=O) groups is 3. The summed E-state index contributed by atoms with van der Waals surface area (Å²) in [5.74, 6) is 0.761. The highest BCUT2D eigenvalue weighted by Gasteiger charge is 2.34. The van der Waals surface area contributed by atoms with Crippen LogP contribution >= 0.6 is 11.3 Å². The monoisotopic (exact) mass is 556 g/mol. The third kappa shape index (κ3) is 4.95. The molecule has 4 amide bonds. The van der Waals surface area contributed by atoms with Gasteiger partial charge in [0, 0.05) is 31.3 Å². The number of amides is 4. The molecule has 4 heterocycles. The summed E-state index contributed by atoms with van der Waals surface area (Å²) in [4.78, 5) is 50.0. The van der Waals surface area contributed by atoms with Crippen molar-refractivity contribution in [3.8, 4) is 11.6 Å². The van der Waals surface area contributed by atoms with Crippen LogP contribution in [0.1, 0.15) is 47.8 Å². The molecule has 10 nitrogen and oxygen atoms in total. The highest BCUT2D eigenvalue weighted by molar-refractivity contribution is 7.21. The van der Waals surface area contributed by atoms with Crippen molar-refractivity contribution in [1.82, 2.24) is 20.6 Å². The predicted octanol–water partition coefficient (Wildman–Crippen LogP) is 5.65. The van der Waals surface area contributed by atoms with E-state index in [2.05, 4.69) is 25.9 Å². The Morgan fingerprint density at radius 2 is 1.85 bits per heavy atom. The first-order chi connectivity index (χ1) is 19.4. The zero-order chi connectivity index (χ0) is 27.8. The number of carbonyl (C=O) groups excluding carboxylic acids is 3. The van der Waals surface area contributed by atoms with Crippen LogP contribution in [0.3, 0.4) is 0 Å². The van der Waals surface area contributed by atoms with Gasteiger partial charge in [0.05, 0.1) is 28.6 Å². The van der Waals surface area contributed by atoms with Gasteiger partial charge in [-0.3, -0.25) is 14.5 Å². The fourth-order valence-electron chi connectivity index (χ4n) is 5.40. The van der Waals surface area contributed by atoms with Crippen molar-refractivity contribution >= 4 is 56.5 Å². The molecule has 0 bridgehead atoms. The number of aromatic nitrogens is 2. The molecule has 1 aliphatic carbocycles. The minimum Gasteiger partial charge on any atom is -0.439 e. The second-order valence-electron chi connectivity index (χ2n) is 10.0. The maximum Gasteiger partial charge on any atom is 0.331 e. The fraction of sp³-hybridized carbons (Fsp3) is 0.276. The Balaban J connectivity index is 1.28.